The Bertz CT molecular complexity index is 1610. The fourth-order valence-electron chi connectivity index (χ4n) is 10.5. The zero-order chi connectivity index (χ0) is 59.6. The number of aliphatic hydroxyl groups excluding tert-OH is 5. The van der Waals surface area contributed by atoms with Crippen molar-refractivity contribution in [1.29, 1.82) is 0 Å². The Balaban J connectivity index is 2.59. The van der Waals surface area contributed by atoms with E-state index in [-0.39, 0.29) is 13.0 Å². The summed E-state index contributed by atoms with van der Waals surface area (Å²) in [5, 5.41) is 57.1. The van der Waals surface area contributed by atoms with Crippen LogP contribution in [0.4, 0.5) is 0 Å². The highest BCUT2D eigenvalue weighted by Gasteiger charge is 2.47. The lowest BCUT2D eigenvalue weighted by Gasteiger charge is -2.41. The molecule has 1 fully saturated rings. The van der Waals surface area contributed by atoms with Gasteiger partial charge < -0.3 is 45.1 Å². The molecule has 1 aliphatic heterocycles. The Morgan fingerprint density at radius 3 is 1.32 bits per heavy atom. The summed E-state index contributed by atoms with van der Waals surface area (Å²) in [6, 6.07) is -1.02. The van der Waals surface area contributed by atoms with E-state index in [0.717, 1.165) is 103 Å². The molecule has 1 heterocycles. The van der Waals surface area contributed by atoms with Gasteiger partial charge in [0.1, 0.15) is 24.4 Å². The van der Waals surface area contributed by atoms with Gasteiger partial charge in [-0.05, 0) is 70.6 Å². The van der Waals surface area contributed by atoms with Crippen LogP contribution < -0.4 is 5.32 Å². The number of hydrogen-bond acceptors (Lipinski definition) is 10. The van der Waals surface area contributed by atoms with Crippen molar-refractivity contribution in [3.63, 3.8) is 0 Å². The maximum Gasteiger partial charge on any atom is 0.306 e. The summed E-state index contributed by atoms with van der Waals surface area (Å²) in [5.74, 6) is -1.19. The van der Waals surface area contributed by atoms with E-state index in [1.54, 1.807) is 6.08 Å². The van der Waals surface area contributed by atoms with Crippen molar-refractivity contribution < 1.29 is 49.3 Å². The Kier molecular flexibility index (Phi) is 55.0. The van der Waals surface area contributed by atoms with Crippen molar-refractivity contribution in [3.05, 3.63) is 72.9 Å². The van der Waals surface area contributed by atoms with Gasteiger partial charge in [0.25, 0.3) is 0 Å². The molecule has 6 N–H and O–H groups in total. The van der Waals surface area contributed by atoms with E-state index < -0.39 is 67.4 Å². The van der Waals surface area contributed by atoms with Crippen molar-refractivity contribution in [2.24, 2.45) is 0 Å². The molecule has 0 aliphatic carbocycles. The highest BCUT2D eigenvalue weighted by Crippen LogP contribution is 2.26. The largest absolute Gasteiger partial charge is 0.454 e. The van der Waals surface area contributed by atoms with Gasteiger partial charge in [-0.25, -0.2) is 0 Å². The minimum Gasteiger partial charge on any atom is -0.454 e. The van der Waals surface area contributed by atoms with Gasteiger partial charge in [0, 0.05) is 6.42 Å². The third-order valence-corrected chi connectivity index (χ3v) is 15.9. The number of amides is 1. The Labute approximate surface area is 502 Å². The average Bonchev–Trinajstić information content (AvgIpc) is 3.56. The van der Waals surface area contributed by atoms with E-state index >= 15 is 0 Å². The maximum atomic E-state index is 13.4. The Hall–Kier alpha value is -2.90. The molecule has 11 heteroatoms. The van der Waals surface area contributed by atoms with Crippen molar-refractivity contribution >= 4 is 11.9 Å². The number of esters is 1. The number of rotatable bonds is 58. The molecular formula is C71H127NO10. The van der Waals surface area contributed by atoms with Gasteiger partial charge >= 0.3 is 5.97 Å². The lowest BCUT2D eigenvalue weighted by Crippen LogP contribution is -2.61. The molecule has 0 aromatic rings. The van der Waals surface area contributed by atoms with Gasteiger partial charge in [-0.2, -0.15) is 0 Å². The maximum absolute atomic E-state index is 13.4. The third-order valence-electron chi connectivity index (χ3n) is 15.9. The second-order valence-electron chi connectivity index (χ2n) is 23.5. The van der Waals surface area contributed by atoms with E-state index in [1.807, 2.05) is 6.08 Å². The number of unbranched alkanes of at least 4 members (excludes halogenated alkanes) is 34. The highest BCUT2D eigenvalue weighted by molar-refractivity contribution is 5.80. The normalized spacial score (nSPS) is 19.0. The molecule has 1 amide bonds. The van der Waals surface area contributed by atoms with Crippen LogP contribution in [-0.2, 0) is 23.8 Å². The molecule has 476 valence electrons. The van der Waals surface area contributed by atoms with Crippen LogP contribution in [0.25, 0.3) is 0 Å². The third kappa shape index (κ3) is 45.5. The van der Waals surface area contributed by atoms with E-state index in [2.05, 4.69) is 86.8 Å². The Morgan fingerprint density at radius 2 is 0.878 bits per heavy atom. The van der Waals surface area contributed by atoms with Crippen molar-refractivity contribution in [2.75, 3.05) is 13.2 Å². The lowest BCUT2D eigenvalue weighted by atomic mass is 9.99. The number of aliphatic hydroxyl groups is 5. The summed E-state index contributed by atoms with van der Waals surface area (Å²) in [6.45, 7) is 5.70. The number of carbonyl (C=O) groups is 2. The van der Waals surface area contributed by atoms with Crippen LogP contribution in [0.3, 0.4) is 0 Å². The predicted octanol–water partition coefficient (Wildman–Crippen LogP) is 17.1. The molecule has 0 saturated carbocycles. The monoisotopic (exact) mass is 1150 g/mol. The highest BCUT2D eigenvalue weighted by atomic mass is 16.7. The van der Waals surface area contributed by atoms with Gasteiger partial charge in [-0.1, -0.05) is 299 Å². The van der Waals surface area contributed by atoms with Crippen LogP contribution in [0, 0.1) is 0 Å². The summed E-state index contributed by atoms with van der Waals surface area (Å²) in [4.78, 5) is 26.6. The first-order chi connectivity index (χ1) is 40.2. The van der Waals surface area contributed by atoms with E-state index in [0.29, 0.717) is 19.3 Å². The topological polar surface area (TPSA) is 175 Å². The van der Waals surface area contributed by atoms with Gasteiger partial charge in [-0.15, -0.1) is 0 Å². The fourth-order valence-corrected chi connectivity index (χ4v) is 10.5. The van der Waals surface area contributed by atoms with Gasteiger partial charge in [-0.3, -0.25) is 9.59 Å². The molecule has 8 unspecified atom stereocenters. The standard InChI is InChI=1S/C71H127NO10/c1-4-7-10-13-16-19-22-25-27-29-30-31-32-33-34-35-36-37-39-41-44-47-50-53-56-59-66(76)82-69-68(78)67(77)65(60-73)81-71(69)80-61-62(63(74)57-54-51-48-45-42-24-21-18-15-12-9-6-3)72-70(79)64(75)58-55-52-49-46-43-40-38-28-26-23-20-17-14-11-8-5-2/h7,10,16,19,25,27,30-31,33-34,54,57,62-65,67-69,71,73-75,77-78H,4-6,8-9,11-15,17-18,20-24,26,28-29,32,35-53,55-56,58-61H2,1-3H3,(H,72,79)/b10-7-,19-16-,27-25-,31-30-,34-33-,57-54+. The van der Waals surface area contributed by atoms with Crippen molar-refractivity contribution in [2.45, 2.75) is 352 Å². The van der Waals surface area contributed by atoms with Crippen molar-refractivity contribution in [3.8, 4) is 0 Å². The van der Waals surface area contributed by atoms with Crippen LogP contribution in [-0.4, -0.2) is 99.6 Å². The van der Waals surface area contributed by atoms with Gasteiger partial charge in [0.15, 0.2) is 12.4 Å². The molecule has 82 heavy (non-hydrogen) atoms. The number of carbonyl (C=O) groups excluding carboxylic acids is 2. The second-order valence-corrected chi connectivity index (χ2v) is 23.5. The summed E-state index contributed by atoms with van der Waals surface area (Å²) in [6.07, 6.45) is 65.1. The van der Waals surface area contributed by atoms with E-state index in [4.69, 9.17) is 14.2 Å². The smallest absolute Gasteiger partial charge is 0.306 e. The fraction of sp³-hybridized carbons (Fsp3) is 0.803. The molecule has 0 spiro atoms. The molecule has 1 rings (SSSR count). The molecule has 8 atom stereocenters. The number of hydrogen-bond donors (Lipinski definition) is 6. The van der Waals surface area contributed by atoms with Crippen LogP contribution in [0.1, 0.15) is 303 Å². The van der Waals surface area contributed by atoms with Gasteiger partial charge in [0.05, 0.1) is 25.4 Å². The molecular weight excluding hydrogens is 1030 g/mol. The zero-order valence-electron chi connectivity index (χ0n) is 52.9. The van der Waals surface area contributed by atoms with E-state index in [1.165, 1.54) is 154 Å². The molecule has 1 saturated heterocycles. The van der Waals surface area contributed by atoms with Crippen LogP contribution in [0.15, 0.2) is 72.9 Å². The molecule has 1 aliphatic rings. The first kappa shape index (κ1) is 77.1. The first-order valence-electron chi connectivity index (χ1n) is 34.2. The van der Waals surface area contributed by atoms with Crippen molar-refractivity contribution in [1.82, 2.24) is 5.32 Å². The molecule has 11 nitrogen and oxygen atoms in total. The minimum atomic E-state index is -1.62. The second kappa shape index (κ2) is 58.5. The van der Waals surface area contributed by atoms with Gasteiger partial charge in [0.2, 0.25) is 5.91 Å². The Morgan fingerprint density at radius 1 is 0.488 bits per heavy atom. The quantitative estimate of drug-likeness (QED) is 0.0195. The van der Waals surface area contributed by atoms with Crippen LogP contribution >= 0.6 is 0 Å². The molecule has 0 aromatic heterocycles. The number of nitrogens with one attached hydrogen (secondary N) is 1. The van der Waals surface area contributed by atoms with E-state index in [9.17, 15) is 35.1 Å². The first-order valence-corrected chi connectivity index (χ1v) is 34.2. The van der Waals surface area contributed by atoms with Crippen LogP contribution in [0.2, 0.25) is 0 Å². The lowest BCUT2D eigenvalue weighted by molar-refractivity contribution is -0.305. The number of allylic oxidation sites excluding steroid dienone is 11. The molecule has 0 bridgehead atoms. The summed E-state index contributed by atoms with van der Waals surface area (Å²) in [5.41, 5.74) is 0. The summed E-state index contributed by atoms with van der Waals surface area (Å²) >= 11 is 0. The average molecular weight is 1150 g/mol. The number of ether oxygens (including phenoxy) is 3. The SMILES string of the molecule is CC/C=C\C/C=C\C/C=C\C/C=C\C/C=C\CCCCCCCCCCCC(=O)OC1C(OCC(NC(=O)C(O)CCCCCCCCCCCCCCCCCC)C(O)/C=C/CCCCCCCCCCCC)OC(CO)C(O)C1O. The minimum absolute atomic E-state index is 0.115. The molecule has 0 aromatic carbocycles. The summed E-state index contributed by atoms with van der Waals surface area (Å²) < 4.78 is 17.7. The predicted molar refractivity (Wildman–Crippen MR) is 343 cm³/mol. The zero-order valence-corrected chi connectivity index (χ0v) is 52.9. The summed E-state index contributed by atoms with van der Waals surface area (Å²) in [7, 11) is 0. The molecule has 0 radical (unpaired) electrons. The van der Waals surface area contributed by atoms with Crippen LogP contribution in [0.5, 0.6) is 0 Å².